The summed E-state index contributed by atoms with van der Waals surface area (Å²) >= 11 is 0. The van der Waals surface area contributed by atoms with Crippen LogP contribution in [0.3, 0.4) is 0 Å². The van der Waals surface area contributed by atoms with Crippen LogP contribution in [0.4, 0.5) is 0 Å². The van der Waals surface area contributed by atoms with Crippen LogP contribution in [0, 0.1) is 0 Å². The molecule has 1 aromatic heterocycles. The van der Waals surface area contributed by atoms with E-state index < -0.39 is 0 Å². The fraction of sp³-hybridized carbons (Fsp3) is 0.529. The minimum atomic E-state index is -0.332. The van der Waals surface area contributed by atoms with E-state index in [2.05, 4.69) is 123 Å². The number of rotatable bonds is 27. The molecule has 1 rings (SSSR count). The highest BCUT2D eigenvalue weighted by Crippen LogP contribution is 2.18. The zero-order chi connectivity index (χ0) is 40.0. The summed E-state index contributed by atoms with van der Waals surface area (Å²) in [5, 5.41) is 0. The van der Waals surface area contributed by atoms with Gasteiger partial charge in [0.2, 0.25) is 0 Å². The first kappa shape index (κ1) is 48.3. The van der Waals surface area contributed by atoms with Gasteiger partial charge in [-0.05, 0) is 190 Å². The predicted octanol–water partition coefficient (Wildman–Crippen LogP) is 16.0. The Morgan fingerprint density at radius 1 is 0.463 bits per heavy atom. The summed E-state index contributed by atoms with van der Waals surface area (Å²) in [4.78, 5) is 16.0. The van der Waals surface area contributed by atoms with Crippen molar-refractivity contribution in [3.63, 3.8) is 0 Å². The molecule has 0 spiro atoms. The Hall–Kier alpha value is -3.72. The van der Waals surface area contributed by atoms with Crippen LogP contribution in [0.25, 0.3) is 0 Å². The minimum absolute atomic E-state index is 0.297. The maximum Gasteiger partial charge on any atom is 0.340 e. The van der Waals surface area contributed by atoms with Crippen molar-refractivity contribution in [2.75, 3.05) is 6.61 Å². The molecule has 3 heteroatoms. The van der Waals surface area contributed by atoms with Gasteiger partial charge in [-0.25, -0.2) is 4.79 Å². The number of pyridine rings is 1. The van der Waals surface area contributed by atoms with E-state index in [4.69, 9.17) is 4.74 Å². The second kappa shape index (κ2) is 30.6. The molecule has 0 atom stereocenters. The molecule has 0 amide bonds. The van der Waals surface area contributed by atoms with E-state index in [-0.39, 0.29) is 5.97 Å². The second-order valence-electron chi connectivity index (χ2n) is 15.8. The maximum atomic E-state index is 12.0. The average Bonchev–Trinajstić information content (AvgIpc) is 3.11. The predicted molar refractivity (Wildman–Crippen MR) is 238 cm³/mol. The number of aromatic nitrogens is 1. The van der Waals surface area contributed by atoms with E-state index >= 15 is 0 Å². The highest BCUT2D eigenvalue weighted by molar-refractivity contribution is 5.88. The van der Waals surface area contributed by atoms with Crippen molar-refractivity contribution < 1.29 is 9.53 Å². The summed E-state index contributed by atoms with van der Waals surface area (Å²) in [5.74, 6) is -0.332. The Kier molecular flexibility index (Phi) is 27.4. The lowest BCUT2D eigenvalue weighted by Crippen LogP contribution is -2.05. The molecular formula is C51H77NO2. The highest BCUT2D eigenvalue weighted by atomic mass is 16.5. The molecule has 0 saturated carbocycles. The number of ether oxygens (including phenoxy) is 1. The minimum Gasteiger partial charge on any atom is -0.458 e. The first-order chi connectivity index (χ1) is 25.8. The zero-order valence-electron chi connectivity index (χ0n) is 36.3. The Bertz CT molecular complexity index is 1500. The molecule has 0 N–H and O–H groups in total. The summed E-state index contributed by atoms with van der Waals surface area (Å²) < 4.78 is 5.33. The normalized spacial score (nSPS) is 14.1. The molecule has 0 aliphatic heterocycles. The maximum absolute atomic E-state index is 12.0. The lowest BCUT2D eigenvalue weighted by atomic mass is 10.0. The Morgan fingerprint density at radius 2 is 0.759 bits per heavy atom. The lowest BCUT2D eigenvalue weighted by molar-refractivity contribution is 0.0548. The lowest BCUT2D eigenvalue weighted by Gasteiger charge is -2.04. The monoisotopic (exact) mass is 736 g/mol. The number of carbonyl (C=O) groups excluding carboxylic acids is 1. The topological polar surface area (TPSA) is 39.2 Å². The van der Waals surface area contributed by atoms with Gasteiger partial charge in [0.1, 0.15) is 6.61 Å². The van der Waals surface area contributed by atoms with Gasteiger partial charge in [0.15, 0.2) is 0 Å². The van der Waals surface area contributed by atoms with E-state index in [0.29, 0.717) is 12.2 Å². The van der Waals surface area contributed by atoms with Crippen molar-refractivity contribution >= 4 is 5.97 Å². The van der Waals surface area contributed by atoms with Crippen molar-refractivity contribution in [2.45, 2.75) is 172 Å². The van der Waals surface area contributed by atoms with Crippen molar-refractivity contribution in [3.05, 3.63) is 135 Å². The van der Waals surface area contributed by atoms with Gasteiger partial charge in [-0.2, -0.15) is 0 Å². The first-order valence-electron chi connectivity index (χ1n) is 20.8. The van der Waals surface area contributed by atoms with E-state index in [1.807, 2.05) is 6.08 Å². The third-order valence-corrected chi connectivity index (χ3v) is 9.86. The van der Waals surface area contributed by atoms with Crippen molar-refractivity contribution in [1.82, 2.24) is 4.98 Å². The molecule has 3 nitrogen and oxygen atoms in total. The van der Waals surface area contributed by atoms with E-state index in [1.54, 1.807) is 18.3 Å². The van der Waals surface area contributed by atoms with Crippen LogP contribution < -0.4 is 0 Å². The van der Waals surface area contributed by atoms with E-state index in [1.165, 1.54) is 75.6 Å². The molecule has 0 aliphatic carbocycles. The number of esters is 1. The highest BCUT2D eigenvalue weighted by Gasteiger charge is 2.05. The van der Waals surface area contributed by atoms with E-state index in [0.717, 1.165) is 83.5 Å². The largest absolute Gasteiger partial charge is 0.458 e. The van der Waals surface area contributed by atoms with Gasteiger partial charge in [-0.3, -0.25) is 4.98 Å². The van der Waals surface area contributed by atoms with Crippen LogP contribution in [-0.2, 0) is 4.74 Å². The van der Waals surface area contributed by atoms with Crippen LogP contribution in [0.5, 0.6) is 0 Å². The molecule has 0 unspecified atom stereocenters. The molecule has 0 saturated heterocycles. The molecule has 0 bridgehead atoms. The SMILES string of the molecule is CC(C)=CCCC(C)=CCCC(C)=CCCC(C)=CCCC(C)=CCCC(C)=CCCC(C)=CCCC(C)=CCCC(C)=CCOC(=O)c1cccnc1. The molecule has 1 aromatic rings. The smallest absolute Gasteiger partial charge is 0.340 e. The zero-order valence-corrected chi connectivity index (χ0v) is 36.3. The molecule has 54 heavy (non-hydrogen) atoms. The number of carbonyl (C=O) groups is 1. The third kappa shape index (κ3) is 27.8. The van der Waals surface area contributed by atoms with Gasteiger partial charge >= 0.3 is 5.97 Å². The number of allylic oxidation sites excluding steroid dienone is 17. The molecular weight excluding hydrogens is 659 g/mol. The summed E-state index contributed by atoms with van der Waals surface area (Å²) in [6.45, 7) is 22.7. The summed E-state index contributed by atoms with van der Waals surface area (Å²) in [6, 6.07) is 3.46. The van der Waals surface area contributed by atoms with E-state index in [9.17, 15) is 4.79 Å². The van der Waals surface area contributed by atoms with Crippen LogP contribution >= 0.6 is 0 Å². The fourth-order valence-electron chi connectivity index (χ4n) is 6.06. The molecule has 0 radical (unpaired) electrons. The molecule has 0 fully saturated rings. The number of hydrogen-bond donors (Lipinski definition) is 0. The van der Waals surface area contributed by atoms with Crippen molar-refractivity contribution in [1.29, 1.82) is 0 Å². The summed E-state index contributed by atoms with van der Waals surface area (Å²) in [7, 11) is 0. The molecule has 298 valence electrons. The van der Waals surface area contributed by atoms with Gasteiger partial charge in [0, 0.05) is 12.4 Å². The van der Waals surface area contributed by atoms with Crippen LogP contribution in [0.15, 0.2) is 129 Å². The van der Waals surface area contributed by atoms with Crippen LogP contribution in [0.1, 0.15) is 182 Å². The summed E-state index contributed by atoms with van der Waals surface area (Å²) in [6.07, 6.45) is 42.6. The fourth-order valence-corrected chi connectivity index (χ4v) is 6.06. The third-order valence-electron chi connectivity index (χ3n) is 9.86. The number of hydrogen-bond acceptors (Lipinski definition) is 3. The average molecular weight is 736 g/mol. The van der Waals surface area contributed by atoms with Crippen molar-refractivity contribution in [2.24, 2.45) is 0 Å². The Labute approximate surface area is 333 Å². The van der Waals surface area contributed by atoms with Gasteiger partial charge in [-0.1, -0.05) is 98.8 Å². The quantitative estimate of drug-likeness (QED) is 0.0667. The van der Waals surface area contributed by atoms with Crippen molar-refractivity contribution in [3.8, 4) is 0 Å². The van der Waals surface area contributed by atoms with Gasteiger partial charge in [0.25, 0.3) is 0 Å². The first-order valence-corrected chi connectivity index (χ1v) is 20.8. The van der Waals surface area contributed by atoms with Gasteiger partial charge < -0.3 is 4.74 Å². The Morgan fingerprint density at radius 3 is 1.04 bits per heavy atom. The summed E-state index contributed by atoms with van der Waals surface area (Å²) in [5.41, 5.74) is 13.6. The van der Waals surface area contributed by atoms with Crippen LogP contribution in [-0.4, -0.2) is 17.6 Å². The van der Waals surface area contributed by atoms with Gasteiger partial charge in [0.05, 0.1) is 5.56 Å². The molecule has 0 aromatic carbocycles. The molecule has 0 aliphatic rings. The van der Waals surface area contributed by atoms with Gasteiger partial charge in [-0.15, -0.1) is 0 Å². The second-order valence-corrected chi connectivity index (χ2v) is 15.8. The standard InChI is InChI=1S/C51H77NO2/c1-41(2)20-11-21-42(3)22-12-23-43(4)24-13-25-44(5)26-14-27-45(6)28-15-29-46(7)30-16-31-47(8)32-17-33-48(9)34-18-35-49(10)37-39-54-51(53)50-36-19-38-52-40-50/h19-20,22,24,26,28,30,32,34,36-38,40H,11-18,21,23,25,27,29,31,33,35,39H2,1-10H3. The van der Waals surface area contributed by atoms with Crippen LogP contribution in [0.2, 0.25) is 0 Å². The number of nitrogens with zero attached hydrogens (tertiary/aromatic N) is 1. The Balaban J connectivity index is 2.22. The molecule has 1 heterocycles.